The second-order valence-corrected chi connectivity index (χ2v) is 3.16. The summed E-state index contributed by atoms with van der Waals surface area (Å²) in [5.74, 6) is -0.987. The zero-order valence-electron chi connectivity index (χ0n) is 7.04. The fourth-order valence-electron chi connectivity index (χ4n) is 1.82. The Hall–Kier alpha value is -0.610. The van der Waals surface area contributed by atoms with Crippen LogP contribution >= 0.6 is 0 Å². The molecule has 2 aliphatic rings. The van der Waals surface area contributed by atoms with Crippen LogP contribution in [0.1, 0.15) is 19.3 Å². The van der Waals surface area contributed by atoms with Crippen molar-refractivity contribution in [3.05, 3.63) is 0 Å². The number of hydrogen-bond acceptors (Lipinski definition) is 4. The molecule has 0 aromatic heterocycles. The molecule has 0 aliphatic carbocycles. The maximum Gasteiger partial charge on any atom is 0.311 e. The Morgan fingerprint density at radius 1 is 1.67 bits per heavy atom. The predicted molar refractivity (Wildman–Crippen MR) is 39.4 cm³/mol. The van der Waals surface area contributed by atoms with Crippen LogP contribution in [0.25, 0.3) is 0 Å². The highest BCUT2D eigenvalue weighted by molar-refractivity contribution is 5.73. The fourth-order valence-corrected chi connectivity index (χ4v) is 1.82. The minimum atomic E-state index is -0.769. The Morgan fingerprint density at radius 2 is 2.50 bits per heavy atom. The van der Waals surface area contributed by atoms with Crippen molar-refractivity contribution in [2.75, 3.05) is 13.7 Å². The zero-order valence-corrected chi connectivity index (χ0v) is 7.04. The second kappa shape index (κ2) is 2.71. The molecule has 0 aromatic rings. The summed E-state index contributed by atoms with van der Waals surface area (Å²) in [6, 6.07) is 0. The molecule has 0 spiro atoms. The first kappa shape index (κ1) is 8.01. The predicted octanol–water partition coefficient (Wildman–Crippen LogP) is 0.455. The van der Waals surface area contributed by atoms with Crippen LogP contribution in [0.3, 0.4) is 0 Å². The standard InChI is InChI=1S/C8H12O4/c1-10-8-3-2-4-11-6(8)5-7(9)12-8/h6H,2-5H2,1H3. The molecule has 0 saturated carbocycles. The number of fused-ring (bicyclic) bond motifs is 1. The van der Waals surface area contributed by atoms with Crippen LogP contribution in [0, 0.1) is 0 Å². The normalized spacial score (nSPS) is 40.8. The molecule has 2 atom stereocenters. The molecule has 4 nitrogen and oxygen atoms in total. The largest absolute Gasteiger partial charge is 0.430 e. The Balaban J connectivity index is 2.19. The first-order chi connectivity index (χ1) is 5.77. The van der Waals surface area contributed by atoms with E-state index in [0.717, 1.165) is 12.8 Å². The van der Waals surface area contributed by atoms with Crippen LogP contribution < -0.4 is 0 Å². The lowest BCUT2D eigenvalue weighted by Gasteiger charge is -2.35. The first-order valence-corrected chi connectivity index (χ1v) is 4.15. The summed E-state index contributed by atoms with van der Waals surface area (Å²) in [4.78, 5) is 11.0. The lowest BCUT2D eigenvalue weighted by atomic mass is 10.0. The van der Waals surface area contributed by atoms with Crippen LogP contribution in [0.15, 0.2) is 0 Å². The fraction of sp³-hybridized carbons (Fsp3) is 0.875. The van der Waals surface area contributed by atoms with E-state index in [0.29, 0.717) is 13.0 Å². The summed E-state index contributed by atoms with van der Waals surface area (Å²) in [6.07, 6.45) is 1.77. The molecule has 4 heteroatoms. The number of ether oxygens (including phenoxy) is 3. The third-order valence-electron chi connectivity index (χ3n) is 2.46. The van der Waals surface area contributed by atoms with Crippen molar-refractivity contribution < 1.29 is 19.0 Å². The third kappa shape index (κ3) is 1.03. The van der Waals surface area contributed by atoms with Crippen LogP contribution in [-0.4, -0.2) is 31.6 Å². The smallest absolute Gasteiger partial charge is 0.311 e. The molecule has 0 N–H and O–H groups in total. The van der Waals surface area contributed by atoms with Crippen molar-refractivity contribution in [2.24, 2.45) is 0 Å². The van der Waals surface area contributed by atoms with Gasteiger partial charge in [-0.3, -0.25) is 4.79 Å². The van der Waals surface area contributed by atoms with Gasteiger partial charge in [0.05, 0.1) is 6.42 Å². The van der Waals surface area contributed by atoms with Gasteiger partial charge in [0.2, 0.25) is 5.79 Å². The van der Waals surface area contributed by atoms with Gasteiger partial charge in [0.25, 0.3) is 0 Å². The number of rotatable bonds is 1. The highest BCUT2D eigenvalue weighted by atomic mass is 16.7. The molecule has 0 radical (unpaired) electrons. The number of carbonyl (C=O) groups excluding carboxylic acids is 1. The number of hydrogen-bond donors (Lipinski definition) is 0. The summed E-state index contributed by atoms with van der Waals surface area (Å²) in [5, 5.41) is 0. The van der Waals surface area contributed by atoms with Crippen molar-refractivity contribution in [2.45, 2.75) is 31.2 Å². The van der Waals surface area contributed by atoms with Crippen LogP contribution in [0.2, 0.25) is 0 Å². The Labute approximate surface area is 70.8 Å². The van der Waals surface area contributed by atoms with Gasteiger partial charge in [-0.1, -0.05) is 0 Å². The van der Waals surface area contributed by atoms with Gasteiger partial charge in [-0.05, 0) is 6.42 Å². The summed E-state index contributed by atoms with van der Waals surface area (Å²) in [7, 11) is 1.56. The van der Waals surface area contributed by atoms with Gasteiger partial charge in [0.15, 0.2) is 0 Å². The van der Waals surface area contributed by atoms with Crippen LogP contribution in [0.5, 0.6) is 0 Å². The highest BCUT2D eigenvalue weighted by Gasteiger charge is 2.52. The van der Waals surface area contributed by atoms with E-state index in [2.05, 4.69) is 0 Å². The molecule has 12 heavy (non-hydrogen) atoms. The Morgan fingerprint density at radius 3 is 3.17 bits per heavy atom. The molecule has 2 aliphatic heterocycles. The maximum atomic E-state index is 11.0. The lowest BCUT2D eigenvalue weighted by molar-refractivity contribution is -0.257. The highest BCUT2D eigenvalue weighted by Crippen LogP contribution is 2.37. The molecule has 2 heterocycles. The molecule has 0 bridgehead atoms. The van der Waals surface area contributed by atoms with Crippen molar-refractivity contribution in [3.8, 4) is 0 Å². The summed E-state index contributed by atoms with van der Waals surface area (Å²) < 4.78 is 15.7. The number of carbonyl (C=O) groups is 1. The number of methoxy groups -OCH3 is 1. The Bertz CT molecular complexity index is 203. The van der Waals surface area contributed by atoms with Gasteiger partial charge in [0, 0.05) is 20.1 Å². The van der Waals surface area contributed by atoms with E-state index in [4.69, 9.17) is 14.2 Å². The van der Waals surface area contributed by atoms with Crippen molar-refractivity contribution in [3.63, 3.8) is 0 Å². The molecular formula is C8H12O4. The monoisotopic (exact) mass is 172 g/mol. The van der Waals surface area contributed by atoms with E-state index < -0.39 is 5.79 Å². The van der Waals surface area contributed by atoms with Crippen LogP contribution in [-0.2, 0) is 19.0 Å². The van der Waals surface area contributed by atoms with Gasteiger partial charge in [-0.25, -0.2) is 0 Å². The zero-order chi connectivity index (χ0) is 8.60. The van der Waals surface area contributed by atoms with Crippen molar-refractivity contribution in [1.82, 2.24) is 0 Å². The molecule has 68 valence electrons. The van der Waals surface area contributed by atoms with E-state index in [1.165, 1.54) is 0 Å². The third-order valence-corrected chi connectivity index (χ3v) is 2.46. The Kier molecular flexibility index (Phi) is 1.81. The molecule has 2 saturated heterocycles. The minimum Gasteiger partial charge on any atom is -0.430 e. The molecular weight excluding hydrogens is 160 g/mol. The summed E-state index contributed by atoms with van der Waals surface area (Å²) in [5.41, 5.74) is 0. The summed E-state index contributed by atoms with van der Waals surface area (Å²) in [6.45, 7) is 0.701. The summed E-state index contributed by atoms with van der Waals surface area (Å²) >= 11 is 0. The molecule has 0 amide bonds. The van der Waals surface area contributed by atoms with Crippen molar-refractivity contribution >= 4 is 5.97 Å². The first-order valence-electron chi connectivity index (χ1n) is 4.15. The van der Waals surface area contributed by atoms with Gasteiger partial charge >= 0.3 is 5.97 Å². The van der Waals surface area contributed by atoms with E-state index in [9.17, 15) is 4.79 Å². The van der Waals surface area contributed by atoms with E-state index >= 15 is 0 Å². The van der Waals surface area contributed by atoms with Gasteiger partial charge in [-0.15, -0.1) is 0 Å². The molecule has 2 fully saturated rings. The number of esters is 1. The van der Waals surface area contributed by atoms with E-state index in [1.807, 2.05) is 0 Å². The average Bonchev–Trinajstić information content (AvgIpc) is 2.41. The van der Waals surface area contributed by atoms with Gasteiger partial charge in [0.1, 0.15) is 6.10 Å². The SMILES string of the molecule is COC12CCCOC1CC(=O)O2. The van der Waals surface area contributed by atoms with Crippen LogP contribution in [0.4, 0.5) is 0 Å². The van der Waals surface area contributed by atoms with Gasteiger partial charge < -0.3 is 14.2 Å². The quantitative estimate of drug-likeness (QED) is 0.539. The molecule has 2 rings (SSSR count). The minimum absolute atomic E-state index is 0.191. The van der Waals surface area contributed by atoms with Crippen molar-refractivity contribution in [1.29, 1.82) is 0 Å². The average molecular weight is 172 g/mol. The van der Waals surface area contributed by atoms with Gasteiger partial charge in [-0.2, -0.15) is 0 Å². The molecule has 0 aromatic carbocycles. The second-order valence-electron chi connectivity index (χ2n) is 3.16. The topological polar surface area (TPSA) is 44.8 Å². The lowest BCUT2D eigenvalue weighted by Crippen LogP contribution is -2.46. The van der Waals surface area contributed by atoms with E-state index in [1.54, 1.807) is 7.11 Å². The maximum absolute atomic E-state index is 11.0. The molecule has 2 unspecified atom stereocenters. The van der Waals surface area contributed by atoms with E-state index in [-0.39, 0.29) is 12.1 Å².